The maximum atomic E-state index is 10.4. The summed E-state index contributed by atoms with van der Waals surface area (Å²) in [7, 11) is 0. The van der Waals surface area contributed by atoms with Gasteiger partial charge in [-0.15, -0.1) is 0 Å². The standard InChI is InChI=1S/C16H25NO/c1-3-5-10-17-11-9-16(14-17)13-15(7-4-2)8-6-12-18/h6-8,12-13H,3-5,9-11,14H2,1-2H3/b8-6+,15-7-,16-13-. The third kappa shape index (κ3) is 5.46. The number of unbranched alkanes of at least 4 members (excludes halogenated alkanes) is 1. The molecule has 0 aromatic rings. The van der Waals surface area contributed by atoms with Crippen molar-refractivity contribution in [3.63, 3.8) is 0 Å². The summed E-state index contributed by atoms with van der Waals surface area (Å²) in [6.45, 7) is 7.85. The molecule has 1 heterocycles. The largest absolute Gasteiger partial charge is 0.299 e. The van der Waals surface area contributed by atoms with E-state index >= 15 is 0 Å². The van der Waals surface area contributed by atoms with E-state index in [0.717, 1.165) is 24.8 Å². The van der Waals surface area contributed by atoms with Gasteiger partial charge < -0.3 is 0 Å². The van der Waals surface area contributed by atoms with Gasteiger partial charge in [0.2, 0.25) is 0 Å². The monoisotopic (exact) mass is 247 g/mol. The first-order valence-corrected chi connectivity index (χ1v) is 7.04. The lowest BCUT2D eigenvalue weighted by Gasteiger charge is -2.12. The van der Waals surface area contributed by atoms with Crippen LogP contribution in [0.15, 0.2) is 35.5 Å². The normalized spacial score (nSPS) is 20.1. The highest BCUT2D eigenvalue weighted by Crippen LogP contribution is 2.18. The zero-order valence-corrected chi connectivity index (χ0v) is 11.7. The van der Waals surface area contributed by atoms with Gasteiger partial charge in [0.25, 0.3) is 0 Å². The summed E-state index contributed by atoms with van der Waals surface area (Å²) in [4.78, 5) is 12.9. The lowest BCUT2D eigenvalue weighted by atomic mass is 10.1. The Hall–Kier alpha value is -1.15. The van der Waals surface area contributed by atoms with E-state index in [1.165, 1.54) is 37.9 Å². The molecule has 1 aliphatic rings. The molecule has 0 saturated carbocycles. The number of carbonyl (C=O) groups excluding carboxylic acids is 1. The number of carbonyl (C=O) groups is 1. The lowest BCUT2D eigenvalue weighted by molar-refractivity contribution is -0.104. The van der Waals surface area contributed by atoms with E-state index in [2.05, 4.69) is 30.9 Å². The fourth-order valence-corrected chi connectivity index (χ4v) is 2.23. The van der Waals surface area contributed by atoms with Gasteiger partial charge >= 0.3 is 0 Å². The van der Waals surface area contributed by atoms with Crippen molar-refractivity contribution >= 4 is 6.29 Å². The van der Waals surface area contributed by atoms with Crippen LogP contribution in [0, 0.1) is 0 Å². The number of aldehydes is 1. The molecule has 0 unspecified atom stereocenters. The van der Waals surface area contributed by atoms with Crippen LogP contribution in [0.1, 0.15) is 39.5 Å². The van der Waals surface area contributed by atoms with Gasteiger partial charge in [-0.1, -0.05) is 44.1 Å². The van der Waals surface area contributed by atoms with Crippen molar-refractivity contribution in [1.29, 1.82) is 0 Å². The van der Waals surface area contributed by atoms with Crippen LogP contribution in [0.2, 0.25) is 0 Å². The van der Waals surface area contributed by atoms with Gasteiger partial charge in [0.15, 0.2) is 0 Å². The summed E-state index contributed by atoms with van der Waals surface area (Å²) in [6, 6.07) is 0. The van der Waals surface area contributed by atoms with Crippen molar-refractivity contribution in [3.05, 3.63) is 35.5 Å². The molecule has 0 aromatic heterocycles. The molecule has 1 fully saturated rings. The Morgan fingerprint density at radius 1 is 1.39 bits per heavy atom. The van der Waals surface area contributed by atoms with Crippen LogP contribution in [0.25, 0.3) is 0 Å². The number of likely N-dealkylation sites (tertiary alicyclic amines) is 1. The van der Waals surface area contributed by atoms with Gasteiger partial charge in [0.1, 0.15) is 6.29 Å². The van der Waals surface area contributed by atoms with E-state index in [1.54, 1.807) is 6.08 Å². The molecule has 1 rings (SSSR count). The molecule has 0 N–H and O–H groups in total. The molecule has 0 bridgehead atoms. The summed E-state index contributed by atoms with van der Waals surface area (Å²) in [5.74, 6) is 0. The van der Waals surface area contributed by atoms with Crippen LogP contribution in [0.5, 0.6) is 0 Å². The van der Waals surface area contributed by atoms with Crippen LogP contribution in [0.3, 0.4) is 0 Å². The second-order valence-electron chi connectivity index (χ2n) is 4.79. The number of hydrogen-bond donors (Lipinski definition) is 0. The van der Waals surface area contributed by atoms with E-state index in [4.69, 9.17) is 0 Å². The summed E-state index contributed by atoms with van der Waals surface area (Å²) >= 11 is 0. The number of allylic oxidation sites excluding steroid dienone is 5. The highest BCUT2D eigenvalue weighted by molar-refractivity contribution is 5.66. The quantitative estimate of drug-likeness (QED) is 0.390. The Morgan fingerprint density at radius 3 is 2.89 bits per heavy atom. The molecule has 1 aliphatic heterocycles. The third-order valence-corrected chi connectivity index (χ3v) is 3.18. The molecule has 2 heteroatoms. The topological polar surface area (TPSA) is 20.3 Å². The average molecular weight is 247 g/mol. The first kappa shape index (κ1) is 14.9. The number of hydrogen-bond acceptors (Lipinski definition) is 2. The van der Waals surface area contributed by atoms with E-state index in [0.29, 0.717) is 0 Å². The molecule has 1 saturated heterocycles. The second-order valence-corrected chi connectivity index (χ2v) is 4.79. The molecule has 18 heavy (non-hydrogen) atoms. The smallest absolute Gasteiger partial charge is 0.142 e. The number of rotatable bonds is 7. The van der Waals surface area contributed by atoms with Crippen LogP contribution in [-0.4, -0.2) is 30.8 Å². The van der Waals surface area contributed by atoms with Crippen molar-refractivity contribution in [2.75, 3.05) is 19.6 Å². The Bertz CT molecular complexity index is 339. The van der Waals surface area contributed by atoms with Crippen LogP contribution in [-0.2, 0) is 4.79 Å². The van der Waals surface area contributed by atoms with Crippen molar-refractivity contribution in [2.45, 2.75) is 39.5 Å². The third-order valence-electron chi connectivity index (χ3n) is 3.18. The van der Waals surface area contributed by atoms with E-state index in [9.17, 15) is 4.79 Å². The zero-order valence-electron chi connectivity index (χ0n) is 11.7. The maximum Gasteiger partial charge on any atom is 0.142 e. The number of nitrogens with zero attached hydrogens (tertiary/aromatic N) is 1. The van der Waals surface area contributed by atoms with Crippen molar-refractivity contribution in [2.24, 2.45) is 0 Å². The van der Waals surface area contributed by atoms with Gasteiger partial charge in [-0.25, -0.2) is 0 Å². The minimum absolute atomic E-state index is 0.838. The van der Waals surface area contributed by atoms with Crippen molar-refractivity contribution in [3.8, 4) is 0 Å². The van der Waals surface area contributed by atoms with Crippen LogP contribution in [0.4, 0.5) is 0 Å². The molecular weight excluding hydrogens is 222 g/mol. The van der Waals surface area contributed by atoms with E-state index in [-0.39, 0.29) is 0 Å². The van der Waals surface area contributed by atoms with Gasteiger partial charge in [0, 0.05) is 13.1 Å². The van der Waals surface area contributed by atoms with Gasteiger partial charge in [-0.3, -0.25) is 9.69 Å². The highest BCUT2D eigenvalue weighted by atomic mass is 16.1. The highest BCUT2D eigenvalue weighted by Gasteiger charge is 2.15. The van der Waals surface area contributed by atoms with Crippen LogP contribution < -0.4 is 0 Å². The predicted molar refractivity (Wildman–Crippen MR) is 77.6 cm³/mol. The van der Waals surface area contributed by atoms with Gasteiger partial charge in [-0.05, 0) is 37.5 Å². The Balaban J connectivity index is 2.57. The molecule has 0 amide bonds. The van der Waals surface area contributed by atoms with Gasteiger partial charge in [-0.2, -0.15) is 0 Å². The summed E-state index contributed by atoms with van der Waals surface area (Å²) in [5, 5.41) is 0. The van der Waals surface area contributed by atoms with E-state index < -0.39 is 0 Å². The molecular formula is C16H25NO. The fraction of sp³-hybridized carbons (Fsp3) is 0.562. The van der Waals surface area contributed by atoms with Crippen molar-refractivity contribution < 1.29 is 4.79 Å². The lowest BCUT2D eigenvalue weighted by Crippen LogP contribution is -2.20. The Morgan fingerprint density at radius 2 is 2.22 bits per heavy atom. The zero-order chi connectivity index (χ0) is 13.2. The maximum absolute atomic E-state index is 10.4. The first-order valence-electron chi connectivity index (χ1n) is 7.04. The Labute approximate surface area is 111 Å². The molecule has 0 radical (unpaired) electrons. The average Bonchev–Trinajstić information content (AvgIpc) is 2.81. The van der Waals surface area contributed by atoms with Crippen LogP contribution >= 0.6 is 0 Å². The minimum atomic E-state index is 0.838. The SMILES string of the molecule is CC/C=C(\C=C1\CCN(CCCC)C1)/C=C/C=O. The summed E-state index contributed by atoms with van der Waals surface area (Å²) in [6.07, 6.45) is 13.4. The fourth-order valence-electron chi connectivity index (χ4n) is 2.23. The van der Waals surface area contributed by atoms with Crippen molar-refractivity contribution in [1.82, 2.24) is 4.90 Å². The molecule has 0 spiro atoms. The second kappa shape index (κ2) is 8.87. The first-order chi connectivity index (χ1) is 8.80. The molecule has 0 aromatic carbocycles. The minimum Gasteiger partial charge on any atom is -0.299 e. The molecule has 2 nitrogen and oxygen atoms in total. The summed E-state index contributed by atoms with van der Waals surface area (Å²) in [5.41, 5.74) is 2.65. The molecule has 0 atom stereocenters. The van der Waals surface area contributed by atoms with Gasteiger partial charge in [0.05, 0.1) is 0 Å². The Kier molecular flexibility index (Phi) is 7.35. The van der Waals surface area contributed by atoms with E-state index in [1.807, 2.05) is 6.08 Å². The predicted octanol–water partition coefficient (Wildman–Crippen LogP) is 3.51. The summed E-state index contributed by atoms with van der Waals surface area (Å²) < 4.78 is 0. The molecule has 0 aliphatic carbocycles. The molecule has 100 valence electrons.